The maximum absolute atomic E-state index is 6.17. The minimum atomic E-state index is 0.0320. The fraction of sp³-hybridized carbons (Fsp3) is 1.00. The molecule has 3 N–H and O–H groups in total. The molecule has 0 spiro atoms. The summed E-state index contributed by atoms with van der Waals surface area (Å²) >= 11 is 0. The Morgan fingerprint density at radius 3 is 2.89 bits per heavy atom. The summed E-state index contributed by atoms with van der Waals surface area (Å²) in [6.07, 6.45) is 7.60. The van der Waals surface area contributed by atoms with Crippen molar-refractivity contribution < 1.29 is 4.74 Å². The fourth-order valence-corrected chi connectivity index (χ4v) is 4.25. The van der Waals surface area contributed by atoms with E-state index < -0.39 is 0 Å². The van der Waals surface area contributed by atoms with Gasteiger partial charge in [-0.25, -0.2) is 0 Å². The van der Waals surface area contributed by atoms with Crippen LogP contribution in [-0.4, -0.2) is 54.9 Å². The van der Waals surface area contributed by atoms with E-state index in [0.717, 1.165) is 19.7 Å². The fourth-order valence-electron chi connectivity index (χ4n) is 4.25. The Labute approximate surface area is 117 Å². The largest absolute Gasteiger partial charge is 0.374 e. The van der Waals surface area contributed by atoms with Gasteiger partial charge in [0.15, 0.2) is 0 Å². The summed E-state index contributed by atoms with van der Waals surface area (Å²) in [5, 5.41) is 3.83. The zero-order valence-corrected chi connectivity index (χ0v) is 12.3. The summed E-state index contributed by atoms with van der Waals surface area (Å²) in [5.41, 5.74) is 6.34. The molecule has 0 aromatic heterocycles. The molecular weight excluding hydrogens is 238 g/mol. The zero-order chi connectivity index (χ0) is 13.3. The number of hydrogen-bond donors (Lipinski definition) is 2. The highest BCUT2D eigenvalue weighted by Gasteiger charge is 2.47. The summed E-state index contributed by atoms with van der Waals surface area (Å²) in [4.78, 5) is 2.65. The molecule has 4 heteroatoms. The lowest BCUT2D eigenvalue weighted by molar-refractivity contribution is 0.0107. The number of fused-ring (bicyclic) bond motifs is 1. The van der Waals surface area contributed by atoms with E-state index in [1.165, 1.54) is 51.6 Å². The molecule has 3 aliphatic rings. The van der Waals surface area contributed by atoms with Crippen molar-refractivity contribution >= 4 is 0 Å². The van der Waals surface area contributed by atoms with Crippen molar-refractivity contribution in [3.05, 3.63) is 0 Å². The number of nitrogens with zero attached hydrogens (tertiary/aromatic N) is 1. The molecule has 0 radical (unpaired) electrons. The number of nitrogens with two attached hydrogens (primary N) is 1. The Hall–Kier alpha value is -0.160. The number of nitrogens with one attached hydrogen (secondary N) is 1. The smallest absolute Gasteiger partial charge is 0.0779 e. The van der Waals surface area contributed by atoms with Crippen molar-refractivity contribution in [2.75, 3.05) is 32.8 Å². The third-order valence-electron chi connectivity index (χ3n) is 5.58. The van der Waals surface area contributed by atoms with E-state index in [4.69, 9.17) is 10.5 Å². The first-order valence-electron chi connectivity index (χ1n) is 8.01. The van der Waals surface area contributed by atoms with Gasteiger partial charge >= 0.3 is 0 Å². The second-order valence-electron chi connectivity index (χ2n) is 6.91. The van der Waals surface area contributed by atoms with Crippen molar-refractivity contribution in [3.8, 4) is 0 Å². The lowest BCUT2D eigenvalue weighted by atomic mass is 9.84. The third-order valence-corrected chi connectivity index (χ3v) is 5.58. The van der Waals surface area contributed by atoms with Crippen LogP contribution in [-0.2, 0) is 4.74 Å². The molecule has 3 rings (SSSR count). The van der Waals surface area contributed by atoms with Crippen LogP contribution in [0.2, 0.25) is 0 Å². The van der Waals surface area contributed by atoms with E-state index in [2.05, 4.69) is 17.1 Å². The van der Waals surface area contributed by atoms with E-state index in [1.54, 1.807) is 0 Å². The molecule has 0 bridgehead atoms. The molecule has 3 unspecified atom stereocenters. The van der Waals surface area contributed by atoms with Gasteiger partial charge in [0, 0.05) is 37.8 Å². The highest BCUT2D eigenvalue weighted by molar-refractivity contribution is 5.08. The Morgan fingerprint density at radius 1 is 1.26 bits per heavy atom. The number of ether oxygens (including phenoxy) is 1. The van der Waals surface area contributed by atoms with E-state index in [-0.39, 0.29) is 11.1 Å². The third kappa shape index (κ3) is 2.56. The molecule has 0 aromatic rings. The van der Waals surface area contributed by atoms with E-state index >= 15 is 0 Å². The maximum atomic E-state index is 6.17. The molecule has 0 aliphatic carbocycles. The molecule has 0 saturated carbocycles. The normalized spacial score (nSPS) is 43.6. The highest BCUT2D eigenvalue weighted by atomic mass is 16.5. The lowest BCUT2D eigenvalue weighted by Gasteiger charge is -2.42. The topological polar surface area (TPSA) is 50.5 Å². The summed E-state index contributed by atoms with van der Waals surface area (Å²) < 4.78 is 5.91. The van der Waals surface area contributed by atoms with Gasteiger partial charge in [-0.05, 0) is 45.6 Å². The average Bonchev–Trinajstić information content (AvgIpc) is 3.02. The minimum Gasteiger partial charge on any atom is -0.374 e. The van der Waals surface area contributed by atoms with Crippen LogP contribution in [0, 0.1) is 0 Å². The predicted octanol–water partition coefficient (Wildman–Crippen LogP) is 1.10. The van der Waals surface area contributed by atoms with Crippen molar-refractivity contribution in [3.63, 3.8) is 0 Å². The van der Waals surface area contributed by atoms with Crippen LogP contribution in [0.15, 0.2) is 0 Å². The monoisotopic (exact) mass is 267 g/mol. The Morgan fingerprint density at radius 2 is 2.16 bits per heavy atom. The Bertz CT molecular complexity index is 317. The standard InChI is InChI=1S/C15H29N3O/c1-14(6-4-10-19-14)12-17-15(11-16)7-9-18-8-3-2-5-13(15)18/h13,17H,2-12,16H2,1H3. The van der Waals surface area contributed by atoms with Crippen molar-refractivity contribution in [2.45, 2.75) is 62.6 Å². The van der Waals surface area contributed by atoms with Crippen LogP contribution in [0.4, 0.5) is 0 Å². The van der Waals surface area contributed by atoms with Crippen LogP contribution < -0.4 is 11.1 Å². The van der Waals surface area contributed by atoms with E-state index in [9.17, 15) is 0 Å². The van der Waals surface area contributed by atoms with E-state index in [0.29, 0.717) is 6.04 Å². The molecule has 3 aliphatic heterocycles. The van der Waals surface area contributed by atoms with Crippen molar-refractivity contribution in [1.82, 2.24) is 10.2 Å². The molecule has 3 saturated heterocycles. The van der Waals surface area contributed by atoms with Gasteiger partial charge in [-0.3, -0.25) is 4.90 Å². The summed E-state index contributed by atoms with van der Waals surface area (Å²) in [7, 11) is 0. The van der Waals surface area contributed by atoms with Gasteiger partial charge in [0.05, 0.1) is 5.60 Å². The lowest BCUT2D eigenvalue weighted by Crippen LogP contribution is -2.62. The SMILES string of the molecule is CC1(CNC2(CN)CCN3CCCCC32)CCCO1. The van der Waals surface area contributed by atoms with E-state index in [1.807, 2.05) is 0 Å². The summed E-state index contributed by atoms with van der Waals surface area (Å²) in [5.74, 6) is 0. The molecule has 3 fully saturated rings. The molecule has 4 nitrogen and oxygen atoms in total. The minimum absolute atomic E-state index is 0.0320. The quantitative estimate of drug-likeness (QED) is 0.801. The summed E-state index contributed by atoms with van der Waals surface area (Å²) in [6.45, 7) is 7.35. The van der Waals surface area contributed by atoms with Gasteiger partial charge in [-0.1, -0.05) is 6.42 Å². The highest BCUT2D eigenvalue weighted by Crippen LogP contribution is 2.35. The first-order valence-corrected chi connectivity index (χ1v) is 8.01. The maximum Gasteiger partial charge on any atom is 0.0779 e. The van der Waals surface area contributed by atoms with Crippen LogP contribution >= 0.6 is 0 Å². The number of rotatable bonds is 4. The van der Waals surface area contributed by atoms with Gasteiger partial charge in [-0.2, -0.15) is 0 Å². The van der Waals surface area contributed by atoms with Crippen molar-refractivity contribution in [1.29, 1.82) is 0 Å². The number of piperidine rings is 1. The van der Waals surface area contributed by atoms with Gasteiger partial charge in [0.25, 0.3) is 0 Å². The van der Waals surface area contributed by atoms with Gasteiger partial charge in [-0.15, -0.1) is 0 Å². The van der Waals surface area contributed by atoms with Gasteiger partial charge in [0.1, 0.15) is 0 Å². The first kappa shape index (κ1) is 13.8. The number of hydrogen-bond acceptors (Lipinski definition) is 4. The Kier molecular flexibility index (Phi) is 3.87. The van der Waals surface area contributed by atoms with Crippen LogP contribution in [0.5, 0.6) is 0 Å². The Balaban J connectivity index is 1.65. The van der Waals surface area contributed by atoms with Crippen molar-refractivity contribution in [2.24, 2.45) is 5.73 Å². The van der Waals surface area contributed by atoms with Crippen LogP contribution in [0.1, 0.15) is 45.4 Å². The predicted molar refractivity (Wildman–Crippen MR) is 77.2 cm³/mol. The van der Waals surface area contributed by atoms with Gasteiger partial charge in [0.2, 0.25) is 0 Å². The summed E-state index contributed by atoms with van der Waals surface area (Å²) in [6, 6.07) is 0.649. The second-order valence-corrected chi connectivity index (χ2v) is 6.91. The molecule has 0 amide bonds. The molecule has 0 aromatic carbocycles. The molecular formula is C15H29N3O. The molecule has 19 heavy (non-hydrogen) atoms. The first-order chi connectivity index (χ1) is 9.18. The molecule has 3 atom stereocenters. The molecule has 3 heterocycles. The zero-order valence-electron chi connectivity index (χ0n) is 12.3. The molecule has 110 valence electrons. The van der Waals surface area contributed by atoms with Gasteiger partial charge < -0.3 is 15.8 Å². The van der Waals surface area contributed by atoms with Crippen LogP contribution in [0.3, 0.4) is 0 Å². The second kappa shape index (κ2) is 5.32. The average molecular weight is 267 g/mol. The van der Waals surface area contributed by atoms with Crippen LogP contribution in [0.25, 0.3) is 0 Å².